The smallest absolute Gasteiger partial charge is 0.239 e. The molecule has 1 heterocycles. The summed E-state index contributed by atoms with van der Waals surface area (Å²) in [5.74, 6) is 0.269. The van der Waals surface area contributed by atoms with Crippen molar-refractivity contribution in [2.24, 2.45) is 0 Å². The van der Waals surface area contributed by atoms with E-state index in [1.807, 2.05) is 23.7 Å². The quantitative estimate of drug-likeness (QED) is 0.791. The van der Waals surface area contributed by atoms with E-state index in [-0.39, 0.29) is 16.7 Å². The zero-order valence-electron chi connectivity index (χ0n) is 10.2. The highest BCUT2D eigenvalue weighted by molar-refractivity contribution is 7.99. The van der Waals surface area contributed by atoms with Gasteiger partial charge in [-0.1, -0.05) is 0 Å². The maximum atomic E-state index is 12.0. The van der Waals surface area contributed by atoms with Gasteiger partial charge in [0.15, 0.2) is 0 Å². The van der Waals surface area contributed by atoms with E-state index in [9.17, 15) is 4.79 Å². The molecular formula is C11H22N2OS. The first-order valence-electron chi connectivity index (χ1n) is 5.51. The van der Waals surface area contributed by atoms with Crippen molar-refractivity contribution < 1.29 is 4.79 Å². The van der Waals surface area contributed by atoms with Gasteiger partial charge in [0.1, 0.15) is 0 Å². The third kappa shape index (κ3) is 3.38. The molecule has 1 aliphatic heterocycles. The van der Waals surface area contributed by atoms with Crippen LogP contribution in [-0.4, -0.2) is 48.0 Å². The number of rotatable bonds is 4. The van der Waals surface area contributed by atoms with Gasteiger partial charge >= 0.3 is 0 Å². The lowest BCUT2D eigenvalue weighted by atomic mass is 10.0. The number of nitrogens with one attached hydrogen (secondary N) is 1. The number of carbonyl (C=O) groups excluding carboxylic acids is 1. The van der Waals surface area contributed by atoms with E-state index in [1.54, 1.807) is 0 Å². The van der Waals surface area contributed by atoms with Crippen molar-refractivity contribution in [3.8, 4) is 0 Å². The van der Waals surface area contributed by atoms with Gasteiger partial charge < -0.3 is 10.2 Å². The SMILES string of the molecule is CNC1CCCN(CC(C)(C)SC)C1=O. The number of piperidine rings is 1. The van der Waals surface area contributed by atoms with Crippen LogP contribution in [0.5, 0.6) is 0 Å². The van der Waals surface area contributed by atoms with Crippen molar-refractivity contribution in [2.45, 2.75) is 37.5 Å². The fourth-order valence-electron chi connectivity index (χ4n) is 1.89. The molecule has 1 rings (SSSR count). The molecule has 15 heavy (non-hydrogen) atoms. The normalized spacial score (nSPS) is 23.3. The topological polar surface area (TPSA) is 32.3 Å². The van der Waals surface area contributed by atoms with E-state index in [2.05, 4.69) is 25.4 Å². The highest BCUT2D eigenvalue weighted by Crippen LogP contribution is 2.24. The van der Waals surface area contributed by atoms with Crippen molar-refractivity contribution in [3.05, 3.63) is 0 Å². The highest BCUT2D eigenvalue weighted by Gasteiger charge is 2.31. The summed E-state index contributed by atoms with van der Waals surface area (Å²) in [7, 11) is 1.87. The van der Waals surface area contributed by atoms with Crippen LogP contribution >= 0.6 is 11.8 Å². The summed E-state index contributed by atoms with van der Waals surface area (Å²) in [4.78, 5) is 14.0. The Hall–Kier alpha value is -0.220. The first-order chi connectivity index (χ1) is 7.00. The predicted octanol–water partition coefficient (Wildman–Crippen LogP) is 1.34. The summed E-state index contributed by atoms with van der Waals surface area (Å²) in [6, 6.07) is 0.0383. The molecule has 4 heteroatoms. The van der Waals surface area contributed by atoms with Gasteiger partial charge in [-0.2, -0.15) is 11.8 Å². The first kappa shape index (κ1) is 12.8. The number of nitrogens with zero attached hydrogens (tertiary/aromatic N) is 1. The van der Waals surface area contributed by atoms with Crippen LogP contribution in [0.2, 0.25) is 0 Å². The lowest BCUT2D eigenvalue weighted by Crippen LogP contribution is -2.52. The van der Waals surface area contributed by atoms with Crippen LogP contribution in [0.4, 0.5) is 0 Å². The fourth-order valence-corrected chi connectivity index (χ4v) is 2.17. The number of likely N-dealkylation sites (N-methyl/N-ethyl adjacent to an activating group) is 1. The number of thioether (sulfide) groups is 1. The Bertz CT molecular complexity index is 231. The zero-order valence-corrected chi connectivity index (χ0v) is 11.0. The molecule has 0 saturated carbocycles. The van der Waals surface area contributed by atoms with Gasteiger partial charge in [-0.25, -0.2) is 0 Å². The molecule has 1 fully saturated rings. The zero-order chi connectivity index (χ0) is 11.5. The van der Waals surface area contributed by atoms with E-state index in [0.29, 0.717) is 0 Å². The maximum absolute atomic E-state index is 12.0. The largest absolute Gasteiger partial charge is 0.340 e. The monoisotopic (exact) mass is 230 g/mol. The number of hydrogen-bond donors (Lipinski definition) is 1. The molecule has 0 bridgehead atoms. The summed E-state index contributed by atoms with van der Waals surface area (Å²) in [5, 5.41) is 3.09. The average Bonchev–Trinajstić information content (AvgIpc) is 2.21. The fraction of sp³-hybridized carbons (Fsp3) is 0.909. The molecule has 0 aliphatic carbocycles. The van der Waals surface area contributed by atoms with E-state index in [0.717, 1.165) is 25.9 Å². The molecule has 0 aromatic rings. The third-order valence-electron chi connectivity index (χ3n) is 3.00. The Labute approximate surface area is 97.0 Å². The molecule has 3 nitrogen and oxygen atoms in total. The summed E-state index contributed by atoms with van der Waals surface area (Å²) in [6.45, 7) is 6.15. The molecule has 1 atom stereocenters. The van der Waals surface area contributed by atoms with Crippen molar-refractivity contribution >= 4 is 17.7 Å². The molecule has 1 saturated heterocycles. The van der Waals surface area contributed by atoms with Crippen LogP contribution in [0.3, 0.4) is 0 Å². The Morgan fingerprint density at radius 2 is 2.27 bits per heavy atom. The maximum Gasteiger partial charge on any atom is 0.239 e. The molecule has 0 radical (unpaired) electrons. The van der Waals surface area contributed by atoms with Crippen LogP contribution in [0.25, 0.3) is 0 Å². The number of hydrogen-bond acceptors (Lipinski definition) is 3. The average molecular weight is 230 g/mol. The van der Waals surface area contributed by atoms with Gasteiger partial charge in [-0.15, -0.1) is 0 Å². The van der Waals surface area contributed by atoms with Crippen LogP contribution < -0.4 is 5.32 Å². The summed E-state index contributed by atoms with van der Waals surface area (Å²) >= 11 is 1.82. The lowest BCUT2D eigenvalue weighted by molar-refractivity contribution is -0.136. The van der Waals surface area contributed by atoms with Gasteiger partial charge in [-0.3, -0.25) is 4.79 Å². The minimum atomic E-state index is 0.0383. The second-order valence-corrected chi connectivity index (χ2v) is 6.22. The molecular weight excluding hydrogens is 208 g/mol. The number of likely N-dealkylation sites (tertiary alicyclic amines) is 1. The number of amides is 1. The van der Waals surface area contributed by atoms with Gasteiger partial charge in [0.2, 0.25) is 5.91 Å². The van der Waals surface area contributed by atoms with Gasteiger partial charge in [0.05, 0.1) is 6.04 Å². The predicted molar refractivity (Wildman–Crippen MR) is 66.3 cm³/mol. The molecule has 0 spiro atoms. The molecule has 1 aliphatic rings. The van der Waals surface area contributed by atoms with Gasteiger partial charge in [0.25, 0.3) is 0 Å². The summed E-state index contributed by atoms with van der Waals surface area (Å²) < 4.78 is 0.158. The van der Waals surface area contributed by atoms with Crippen molar-refractivity contribution in [2.75, 3.05) is 26.4 Å². The Morgan fingerprint density at radius 3 is 2.80 bits per heavy atom. The minimum absolute atomic E-state index is 0.0383. The van der Waals surface area contributed by atoms with Gasteiger partial charge in [-0.05, 0) is 40.0 Å². The van der Waals surface area contributed by atoms with E-state index >= 15 is 0 Å². The van der Waals surface area contributed by atoms with Crippen LogP contribution in [0.15, 0.2) is 0 Å². The first-order valence-corrected chi connectivity index (χ1v) is 6.74. The van der Waals surface area contributed by atoms with E-state index in [4.69, 9.17) is 0 Å². The second-order valence-electron chi connectivity index (χ2n) is 4.71. The van der Waals surface area contributed by atoms with Gasteiger partial charge in [0, 0.05) is 17.8 Å². The lowest BCUT2D eigenvalue weighted by Gasteiger charge is -2.37. The third-order valence-corrected chi connectivity index (χ3v) is 4.24. The molecule has 0 aromatic carbocycles. The molecule has 0 aromatic heterocycles. The van der Waals surface area contributed by atoms with Crippen molar-refractivity contribution in [1.82, 2.24) is 10.2 Å². The second kappa shape index (κ2) is 5.21. The minimum Gasteiger partial charge on any atom is -0.340 e. The Kier molecular flexibility index (Phi) is 4.46. The molecule has 1 N–H and O–H groups in total. The van der Waals surface area contributed by atoms with Crippen molar-refractivity contribution in [3.63, 3.8) is 0 Å². The van der Waals surface area contributed by atoms with E-state index in [1.165, 1.54) is 0 Å². The number of carbonyl (C=O) groups is 1. The standard InChI is InChI=1S/C11H22N2OS/c1-11(2,15-4)8-13-7-5-6-9(12-3)10(13)14/h9,12H,5-8H2,1-4H3. The molecule has 88 valence electrons. The van der Waals surface area contributed by atoms with Crippen molar-refractivity contribution in [1.29, 1.82) is 0 Å². The Balaban J connectivity index is 2.58. The summed E-state index contributed by atoms with van der Waals surface area (Å²) in [5.41, 5.74) is 0. The van der Waals surface area contributed by atoms with E-state index < -0.39 is 0 Å². The molecule has 1 amide bonds. The van der Waals surface area contributed by atoms with Crippen LogP contribution in [0.1, 0.15) is 26.7 Å². The highest BCUT2D eigenvalue weighted by atomic mass is 32.2. The Morgan fingerprint density at radius 1 is 1.60 bits per heavy atom. The molecule has 1 unspecified atom stereocenters. The summed E-state index contributed by atoms with van der Waals surface area (Å²) in [6.07, 6.45) is 4.19. The van der Waals surface area contributed by atoms with Crippen LogP contribution in [-0.2, 0) is 4.79 Å². The van der Waals surface area contributed by atoms with Crippen LogP contribution in [0, 0.1) is 0 Å².